The van der Waals surface area contributed by atoms with Crippen LogP contribution in [0.25, 0.3) is 0 Å². The molecule has 0 bridgehead atoms. The topological polar surface area (TPSA) is 58.4 Å². The van der Waals surface area contributed by atoms with E-state index in [4.69, 9.17) is 5.73 Å². The van der Waals surface area contributed by atoms with Crippen LogP contribution in [0.2, 0.25) is 0 Å². The van der Waals surface area contributed by atoms with Crippen LogP contribution in [0.4, 0.5) is 4.39 Å². The fourth-order valence-electron chi connectivity index (χ4n) is 4.19. The lowest BCUT2D eigenvalue weighted by molar-refractivity contribution is -0.122. The van der Waals surface area contributed by atoms with Crippen LogP contribution < -0.4 is 11.1 Å². The van der Waals surface area contributed by atoms with Gasteiger partial charge in [0.1, 0.15) is 5.82 Å². The minimum Gasteiger partial charge on any atom is -0.354 e. The first kappa shape index (κ1) is 20.0. The Labute approximate surface area is 172 Å². The lowest BCUT2D eigenvalue weighted by atomic mass is 9.93. The van der Waals surface area contributed by atoms with Crippen LogP contribution in [0, 0.1) is 11.7 Å². The Morgan fingerprint density at radius 2 is 1.86 bits per heavy atom. The third kappa shape index (κ3) is 5.22. The summed E-state index contributed by atoms with van der Waals surface area (Å²) < 4.78 is 13.9. The molecule has 0 saturated heterocycles. The highest BCUT2D eigenvalue weighted by molar-refractivity contribution is 5.80. The summed E-state index contributed by atoms with van der Waals surface area (Å²) in [5.74, 6) is 0.240. The van der Waals surface area contributed by atoms with Gasteiger partial charge in [-0.2, -0.15) is 0 Å². The van der Waals surface area contributed by atoms with Gasteiger partial charge in [0.15, 0.2) is 0 Å². The van der Waals surface area contributed by atoms with Gasteiger partial charge >= 0.3 is 0 Å². The molecular formula is C24H30FN3O. The van der Waals surface area contributed by atoms with E-state index in [2.05, 4.69) is 34.5 Å². The minimum absolute atomic E-state index is 0.0919. The van der Waals surface area contributed by atoms with Crippen molar-refractivity contribution in [3.63, 3.8) is 0 Å². The number of amides is 1. The first-order chi connectivity index (χ1) is 14.1. The molecule has 1 saturated carbocycles. The summed E-state index contributed by atoms with van der Waals surface area (Å²) >= 11 is 0. The summed E-state index contributed by atoms with van der Waals surface area (Å²) in [4.78, 5) is 14.5. The van der Waals surface area contributed by atoms with Crippen LogP contribution in [0.3, 0.4) is 0 Å². The van der Waals surface area contributed by atoms with E-state index in [1.807, 2.05) is 12.1 Å². The van der Waals surface area contributed by atoms with Gasteiger partial charge in [-0.15, -0.1) is 0 Å². The van der Waals surface area contributed by atoms with E-state index in [0.29, 0.717) is 18.5 Å². The van der Waals surface area contributed by atoms with Crippen LogP contribution in [-0.4, -0.2) is 36.0 Å². The smallest absolute Gasteiger partial charge is 0.223 e. The molecule has 154 valence electrons. The molecule has 2 aromatic carbocycles. The maximum Gasteiger partial charge on any atom is 0.223 e. The van der Waals surface area contributed by atoms with Gasteiger partial charge < -0.3 is 11.1 Å². The first-order valence-electron chi connectivity index (χ1n) is 10.7. The average molecular weight is 396 g/mol. The molecule has 1 amide bonds. The fourth-order valence-corrected chi connectivity index (χ4v) is 4.19. The maximum atomic E-state index is 13.9. The van der Waals surface area contributed by atoms with Crippen molar-refractivity contribution < 1.29 is 9.18 Å². The third-order valence-corrected chi connectivity index (χ3v) is 6.15. The molecule has 4 nitrogen and oxygen atoms in total. The summed E-state index contributed by atoms with van der Waals surface area (Å²) in [6, 6.07) is 15.6. The SMILES string of the molecule is N[C@@H](CCN1Cc2ccccc2C[C@H]1CNC(=O)C1CC1)Cc1ccccc1F. The molecular weight excluding hydrogens is 365 g/mol. The van der Waals surface area contributed by atoms with Crippen molar-refractivity contribution in [2.45, 2.75) is 50.7 Å². The van der Waals surface area contributed by atoms with E-state index < -0.39 is 0 Å². The number of carbonyl (C=O) groups excluding carboxylic acids is 1. The lowest BCUT2D eigenvalue weighted by Gasteiger charge is -2.37. The van der Waals surface area contributed by atoms with Gasteiger partial charge in [0.2, 0.25) is 5.91 Å². The molecule has 2 atom stereocenters. The zero-order valence-corrected chi connectivity index (χ0v) is 16.8. The summed E-state index contributed by atoms with van der Waals surface area (Å²) in [5.41, 5.74) is 9.73. The van der Waals surface area contributed by atoms with Crippen molar-refractivity contribution in [3.8, 4) is 0 Å². The average Bonchev–Trinajstić information content (AvgIpc) is 3.57. The second-order valence-corrected chi connectivity index (χ2v) is 8.46. The Morgan fingerprint density at radius 1 is 1.14 bits per heavy atom. The standard InChI is InChI=1S/C24H30FN3O/c25-23-8-4-3-6-19(23)13-21(26)11-12-28-16-20-7-2-1-5-18(20)14-22(28)15-27-24(29)17-9-10-17/h1-8,17,21-22H,9-16,26H2,(H,27,29)/t21-,22-/m0/s1. The summed E-state index contributed by atoms with van der Waals surface area (Å²) in [6.07, 6.45) is 4.31. The molecule has 1 heterocycles. The Hall–Kier alpha value is -2.24. The number of rotatable bonds is 8. The monoisotopic (exact) mass is 395 g/mol. The lowest BCUT2D eigenvalue weighted by Crippen LogP contribution is -2.48. The van der Waals surface area contributed by atoms with Crippen molar-refractivity contribution in [2.75, 3.05) is 13.1 Å². The molecule has 0 unspecified atom stereocenters. The number of nitrogens with one attached hydrogen (secondary N) is 1. The number of fused-ring (bicyclic) bond motifs is 1. The van der Waals surface area contributed by atoms with Crippen LogP contribution in [-0.2, 0) is 24.2 Å². The Bertz CT molecular complexity index is 852. The first-order valence-corrected chi connectivity index (χ1v) is 10.7. The van der Waals surface area contributed by atoms with Crippen molar-refractivity contribution >= 4 is 5.91 Å². The number of hydrogen-bond acceptors (Lipinski definition) is 3. The number of nitrogens with two attached hydrogens (primary N) is 1. The molecule has 4 rings (SSSR count). The van der Waals surface area contributed by atoms with Gasteiger partial charge in [0.25, 0.3) is 0 Å². The molecule has 0 radical (unpaired) electrons. The van der Waals surface area contributed by atoms with Crippen molar-refractivity contribution in [1.82, 2.24) is 10.2 Å². The Kier molecular flexibility index (Phi) is 6.26. The minimum atomic E-state index is -0.185. The van der Waals surface area contributed by atoms with Gasteiger partial charge in [-0.25, -0.2) is 4.39 Å². The van der Waals surface area contributed by atoms with Gasteiger partial charge in [0.05, 0.1) is 0 Å². The number of benzene rings is 2. The van der Waals surface area contributed by atoms with Gasteiger partial charge in [-0.05, 0) is 54.9 Å². The molecule has 2 aromatic rings. The van der Waals surface area contributed by atoms with Gasteiger partial charge in [-0.1, -0.05) is 42.5 Å². The molecule has 1 aliphatic carbocycles. The fraction of sp³-hybridized carbons (Fsp3) is 0.458. The molecule has 2 aliphatic rings. The number of hydrogen-bond donors (Lipinski definition) is 2. The van der Waals surface area contributed by atoms with Crippen LogP contribution in [0.15, 0.2) is 48.5 Å². The van der Waals surface area contributed by atoms with Crippen LogP contribution in [0.1, 0.15) is 36.0 Å². The molecule has 0 aromatic heterocycles. The third-order valence-electron chi connectivity index (χ3n) is 6.15. The quantitative estimate of drug-likeness (QED) is 0.722. The summed E-state index contributed by atoms with van der Waals surface area (Å²) in [5, 5.41) is 3.15. The van der Waals surface area contributed by atoms with Gasteiger partial charge in [-0.3, -0.25) is 9.69 Å². The highest BCUT2D eigenvalue weighted by Crippen LogP contribution is 2.29. The van der Waals surface area contributed by atoms with Gasteiger partial charge in [0, 0.05) is 37.6 Å². The molecule has 29 heavy (non-hydrogen) atoms. The molecule has 5 heteroatoms. The number of carbonyl (C=O) groups is 1. The van der Waals surface area contributed by atoms with E-state index in [0.717, 1.165) is 38.8 Å². The zero-order chi connectivity index (χ0) is 20.2. The number of nitrogens with zero attached hydrogens (tertiary/aromatic N) is 1. The van der Waals surface area contributed by atoms with E-state index in [-0.39, 0.29) is 29.7 Å². The van der Waals surface area contributed by atoms with Crippen molar-refractivity contribution in [1.29, 1.82) is 0 Å². The van der Waals surface area contributed by atoms with E-state index in [1.54, 1.807) is 6.07 Å². The predicted octanol–water partition coefficient (Wildman–Crippen LogP) is 3.04. The van der Waals surface area contributed by atoms with E-state index in [9.17, 15) is 9.18 Å². The van der Waals surface area contributed by atoms with Crippen molar-refractivity contribution in [2.24, 2.45) is 11.7 Å². The highest BCUT2D eigenvalue weighted by atomic mass is 19.1. The summed E-state index contributed by atoms with van der Waals surface area (Å²) in [6.45, 7) is 2.38. The molecule has 1 fully saturated rings. The summed E-state index contributed by atoms with van der Waals surface area (Å²) in [7, 11) is 0. The van der Waals surface area contributed by atoms with E-state index >= 15 is 0 Å². The van der Waals surface area contributed by atoms with Crippen LogP contribution in [0.5, 0.6) is 0 Å². The molecule has 1 aliphatic heterocycles. The molecule has 3 N–H and O–H groups in total. The Morgan fingerprint density at radius 3 is 2.62 bits per heavy atom. The van der Waals surface area contributed by atoms with E-state index in [1.165, 1.54) is 17.2 Å². The second kappa shape index (κ2) is 9.06. The zero-order valence-electron chi connectivity index (χ0n) is 16.8. The molecule has 0 spiro atoms. The highest BCUT2D eigenvalue weighted by Gasteiger charge is 2.31. The Balaban J connectivity index is 1.37. The maximum absolute atomic E-state index is 13.9. The number of halogens is 1. The normalized spacial score (nSPS) is 20.1. The van der Waals surface area contributed by atoms with Crippen molar-refractivity contribution in [3.05, 3.63) is 71.0 Å². The predicted molar refractivity (Wildman–Crippen MR) is 113 cm³/mol. The largest absolute Gasteiger partial charge is 0.354 e. The van der Waals surface area contributed by atoms with Crippen LogP contribution >= 0.6 is 0 Å². The second-order valence-electron chi connectivity index (χ2n) is 8.46.